The molecule has 0 fully saturated rings. The number of phenolic OH excluding ortho intramolecular Hbond substituents is 1. The Hall–Kier alpha value is -1.73. The minimum Gasteiger partial charge on any atom is -0.502 e. The van der Waals surface area contributed by atoms with Gasteiger partial charge < -0.3 is 16.6 Å². The van der Waals surface area contributed by atoms with Gasteiger partial charge in [0.25, 0.3) is 0 Å². The molecular weight excluding hydrogens is 205 g/mol. The van der Waals surface area contributed by atoms with Gasteiger partial charge in [-0.05, 0) is 6.07 Å². The Morgan fingerprint density at radius 2 is 2.20 bits per heavy atom. The molecule has 0 bridgehead atoms. The lowest BCUT2D eigenvalue weighted by molar-refractivity contribution is -0.386. The number of aromatic hydroxyl groups is 1. The fraction of sp³-hybridized carbons (Fsp3) is 0.250. The van der Waals surface area contributed by atoms with Crippen molar-refractivity contribution >= 4 is 5.69 Å². The van der Waals surface area contributed by atoms with Crippen LogP contribution < -0.4 is 11.5 Å². The van der Waals surface area contributed by atoms with Gasteiger partial charge in [-0.3, -0.25) is 10.1 Å². The molecule has 0 spiro atoms. The summed E-state index contributed by atoms with van der Waals surface area (Å²) in [6.07, 6.45) is 0. The highest BCUT2D eigenvalue weighted by Gasteiger charge is 2.22. The van der Waals surface area contributed by atoms with Crippen molar-refractivity contribution in [3.8, 4) is 5.75 Å². The molecule has 82 valence electrons. The van der Waals surface area contributed by atoms with Crippen LogP contribution in [0.4, 0.5) is 10.1 Å². The van der Waals surface area contributed by atoms with Crippen molar-refractivity contribution in [2.24, 2.45) is 11.5 Å². The minimum atomic E-state index is -0.884. The summed E-state index contributed by atoms with van der Waals surface area (Å²) in [7, 11) is 0. The first-order valence-electron chi connectivity index (χ1n) is 4.09. The van der Waals surface area contributed by atoms with Crippen LogP contribution in [-0.4, -0.2) is 16.6 Å². The van der Waals surface area contributed by atoms with Crippen molar-refractivity contribution in [1.29, 1.82) is 0 Å². The van der Waals surface area contributed by atoms with E-state index in [1.807, 2.05) is 0 Å². The average Bonchev–Trinajstić information content (AvgIpc) is 2.19. The molecule has 0 saturated carbocycles. The first-order valence-corrected chi connectivity index (χ1v) is 4.09. The topological polar surface area (TPSA) is 115 Å². The van der Waals surface area contributed by atoms with Gasteiger partial charge in [0.2, 0.25) is 0 Å². The molecule has 0 unspecified atom stereocenters. The Bertz CT molecular complexity index is 397. The lowest BCUT2D eigenvalue weighted by Gasteiger charge is -2.11. The van der Waals surface area contributed by atoms with Crippen LogP contribution >= 0.6 is 0 Å². The number of nitro groups is 1. The molecule has 5 N–H and O–H groups in total. The second kappa shape index (κ2) is 4.20. The second-order valence-electron chi connectivity index (χ2n) is 2.96. The molecule has 0 radical (unpaired) electrons. The molecule has 0 aliphatic rings. The third-order valence-corrected chi connectivity index (χ3v) is 1.93. The van der Waals surface area contributed by atoms with E-state index in [0.29, 0.717) is 6.07 Å². The Morgan fingerprint density at radius 1 is 1.60 bits per heavy atom. The van der Waals surface area contributed by atoms with Gasteiger partial charge in [0.15, 0.2) is 5.75 Å². The predicted octanol–water partition coefficient (Wildman–Crippen LogP) is 0.398. The van der Waals surface area contributed by atoms with Crippen LogP contribution in [0.2, 0.25) is 0 Å². The summed E-state index contributed by atoms with van der Waals surface area (Å²) in [6.45, 7) is -0.0475. The van der Waals surface area contributed by atoms with Crippen LogP contribution in [0.15, 0.2) is 12.1 Å². The van der Waals surface area contributed by atoms with E-state index < -0.39 is 28.2 Å². The summed E-state index contributed by atoms with van der Waals surface area (Å²) in [5.41, 5.74) is 9.90. The third kappa shape index (κ3) is 2.20. The molecule has 1 rings (SSSR count). The highest BCUT2D eigenvalue weighted by molar-refractivity contribution is 5.52. The summed E-state index contributed by atoms with van der Waals surface area (Å²) in [6, 6.07) is 0.724. The Labute approximate surface area is 84.5 Å². The van der Waals surface area contributed by atoms with E-state index in [1.54, 1.807) is 0 Å². The highest BCUT2D eigenvalue weighted by Crippen LogP contribution is 2.33. The van der Waals surface area contributed by atoms with E-state index in [1.165, 1.54) is 0 Å². The summed E-state index contributed by atoms with van der Waals surface area (Å²) < 4.78 is 13.0. The maximum atomic E-state index is 13.0. The van der Waals surface area contributed by atoms with E-state index in [-0.39, 0.29) is 12.1 Å². The van der Waals surface area contributed by atoms with Crippen LogP contribution in [0, 0.1) is 15.9 Å². The number of halogens is 1. The van der Waals surface area contributed by atoms with E-state index in [2.05, 4.69) is 0 Å². The van der Waals surface area contributed by atoms with Crippen LogP contribution in [0.5, 0.6) is 5.75 Å². The van der Waals surface area contributed by atoms with Crippen molar-refractivity contribution in [3.63, 3.8) is 0 Å². The molecule has 0 heterocycles. The quantitative estimate of drug-likeness (QED) is 0.498. The van der Waals surface area contributed by atoms with Gasteiger partial charge in [0, 0.05) is 18.2 Å². The summed E-state index contributed by atoms with van der Waals surface area (Å²) >= 11 is 0. The molecule has 1 aromatic rings. The number of rotatable bonds is 3. The van der Waals surface area contributed by atoms with Gasteiger partial charge in [-0.25, -0.2) is 4.39 Å². The van der Waals surface area contributed by atoms with E-state index in [4.69, 9.17) is 11.5 Å². The Kier molecular flexibility index (Phi) is 3.17. The van der Waals surface area contributed by atoms with Crippen LogP contribution in [-0.2, 0) is 0 Å². The molecule has 0 amide bonds. The molecule has 7 heteroatoms. The summed E-state index contributed by atoms with van der Waals surface area (Å²) in [5.74, 6) is -1.47. The van der Waals surface area contributed by atoms with Crippen LogP contribution in [0.25, 0.3) is 0 Å². The van der Waals surface area contributed by atoms with Crippen LogP contribution in [0.1, 0.15) is 11.6 Å². The van der Waals surface area contributed by atoms with E-state index in [9.17, 15) is 19.6 Å². The Morgan fingerprint density at radius 3 is 2.67 bits per heavy atom. The molecule has 15 heavy (non-hydrogen) atoms. The zero-order valence-electron chi connectivity index (χ0n) is 7.68. The summed E-state index contributed by atoms with van der Waals surface area (Å²) in [4.78, 5) is 9.56. The number of hydrogen-bond acceptors (Lipinski definition) is 5. The van der Waals surface area contributed by atoms with Crippen molar-refractivity contribution in [2.75, 3.05) is 6.54 Å². The standard InChI is InChI=1S/C8H10FN3O3/c9-4-1-5(6(11)3-10)8(13)7(2-4)12(14)15/h1-2,6,13H,3,10-11H2/t6-/m0/s1. The second-order valence-corrected chi connectivity index (χ2v) is 2.96. The lowest BCUT2D eigenvalue weighted by Crippen LogP contribution is -2.21. The van der Waals surface area contributed by atoms with Gasteiger partial charge in [-0.2, -0.15) is 0 Å². The first kappa shape index (κ1) is 11.3. The maximum Gasteiger partial charge on any atom is 0.313 e. The molecule has 0 aromatic heterocycles. The van der Waals surface area contributed by atoms with Crippen molar-refractivity contribution < 1.29 is 14.4 Å². The zero-order valence-corrected chi connectivity index (χ0v) is 7.68. The molecular formula is C8H10FN3O3. The minimum absolute atomic E-state index is 0.0475. The van der Waals surface area contributed by atoms with Crippen molar-refractivity contribution in [2.45, 2.75) is 6.04 Å². The number of hydrogen-bond donors (Lipinski definition) is 3. The normalized spacial score (nSPS) is 12.5. The molecule has 6 nitrogen and oxygen atoms in total. The third-order valence-electron chi connectivity index (χ3n) is 1.93. The van der Waals surface area contributed by atoms with Gasteiger partial charge in [0.05, 0.1) is 11.0 Å². The smallest absolute Gasteiger partial charge is 0.313 e. The predicted molar refractivity (Wildman–Crippen MR) is 50.7 cm³/mol. The monoisotopic (exact) mass is 215 g/mol. The van der Waals surface area contributed by atoms with Gasteiger partial charge in [-0.15, -0.1) is 0 Å². The number of nitro benzene ring substituents is 1. The van der Waals surface area contributed by atoms with Gasteiger partial charge >= 0.3 is 5.69 Å². The SMILES string of the molecule is NC[C@H](N)c1cc(F)cc([N+](=O)[O-])c1O. The van der Waals surface area contributed by atoms with Crippen molar-refractivity contribution in [1.82, 2.24) is 0 Å². The lowest BCUT2D eigenvalue weighted by atomic mass is 10.1. The maximum absolute atomic E-state index is 13.0. The molecule has 1 atom stereocenters. The molecule has 0 saturated heterocycles. The fourth-order valence-electron chi connectivity index (χ4n) is 1.15. The first-order chi connectivity index (χ1) is 6.97. The number of nitrogens with two attached hydrogens (primary N) is 2. The fourth-order valence-corrected chi connectivity index (χ4v) is 1.15. The molecule has 1 aromatic carbocycles. The van der Waals surface area contributed by atoms with Gasteiger partial charge in [0.1, 0.15) is 5.82 Å². The number of benzene rings is 1. The van der Waals surface area contributed by atoms with Crippen molar-refractivity contribution in [3.05, 3.63) is 33.6 Å². The average molecular weight is 215 g/mol. The van der Waals surface area contributed by atoms with Gasteiger partial charge in [-0.1, -0.05) is 0 Å². The van der Waals surface area contributed by atoms with E-state index in [0.717, 1.165) is 6.07 Å². The Balaban J connectivity index is 3.34. The highest BCUT2D eigenvalue weighted by atomic mass is 19.1. The zero-order chi connectivity index (χ0) is 11.6. The number of phenols is 1. The van der Waals surface area contributed by atoms with E-state index >= 15 is 0 Å². The summed E-state index contributed by atoms with van der Waals surface area (Å²) in [5, 5.41) is 19.9. The molecule has 0 aliphatic carbocycles. The molecule has 0 aliphatic heterocycles. The largest absolute Gasteiger partial charge is 0.502 e. The van der Waals surface area contributed by atoms with Crippen LogP contribution in [0.3, 0.4) is 0 Å². The number of nitrogens with zero attached hydrogens (tertiary/aromatic N) is 1.